The molecule has 0 aliphatic rings. The average Bonchev–Trinajstić information content (AvgIpc) is 2.82. The van der Waals surface area contributed by atoms with Gasteiger partial charge in [0.1, 0.15) is 12.3 Å². The largest absolute Gasteiger partial charge is 0.494 e. The lowest BCUT2D eigenvalue weighted by atomic mass is 10.00. The molecule has 6 nitrogen and oxygen atoms in total. The number of ether oxygens (including phenoxy) is 2. The molecule has 0 fully saturated rings. The lowest BCUT2D eigenvalue weighted by Gasteiger charge is -2.17. The molecule has 6 heteroatoms. The second-order valence-electron chi connectivity index (χ2n) is 6.65. The fourth-order valence-corrected chi connectivity index (χ4v) is 2.95. The van der Waals surface area contributed by atoms with Crippen molar-refractivity contribution in [3.8, 4) is 5.75 Å². The summed E-state index contributed by atoms with van der Waals surface area (Å²) in [6, 6.07) is 24.0. The third-order valence-corrected chi connectivity index (χ3v) is 4.47. The number of carbonyl (C=O) groups excluding carboxylic acids is 3. The van der Waals surface area contributed by atoms with E-state index in [1.807, 2.05) is 13.0 Å². The molecular formula is C25H23NO5. The van der Waals surface area contributed by atoms with Gasteiger partial charge in [0, 0.05) is 16.7 Å². The maximum absolute atomic E-state index is 12.9. The van der Waals surface area contributed by atoms with Crippen LogP contribution in [0, 0.1) is 0 Å². The van der Waals surface area contributed by atoms with Gasteiger partial charge in [-0.15, -0.1) is 0 Å². The molecule has 0 radical (unpaired) electrons. The van der Waals surface area contributed by atoms with E-state index >= 15 is 0 Å². The Bertz CT molecular complexity index is 1020. The van der Waals surface area contributed by atoms with E-state index in [0.29, 0.717) is 29.0 Å². The summed E-state index contributed by atoms with van der Waals surface area (Å²) in [4.78, 5) is 37.7. The number of Topliss-reactive ketones (excluding diaryl/α,β-unsaturated/α-hetero) is 1. The minimum absolute atomic E-state index is 0.335. The summed E-state index contributed by atoms with van der Waals surface area (Å²) >= 11 is 0. The van der Waals surface area contributed by atoms with E-state index in [-0.39, 0.29) is 12.3 Å². The second kappa shape index (κ2) is 10.7. The highest BCUT2D eigenvalue weighted by atomic mass is 16.5. The van der Waals surface area contributed by atoms with Gasteiger partial charge in [0.05, 0.1) is 6.61 Å². The Morgan fingerprint density at radius 3 is 2.03 bits per heavy atom. The van der Waals surface area contributed by atoms with Gasteiger partial charge in [-0.1, -0.05) is 60.7 Å². The summed E-state index contributed by atoms with van der Waals surface area (Å²) in [6.45, 7) is 2.04. The Hall–Kier alpha value is -3.93. The lowest BCUT2D eigenvalue weighted by Crippen LogP contribution is -2.32. The van der Waals surface area contributed by atoms with E-state index in [1.54, 1.807) is 78.9 Å². The van der Waals surface area contributed by atoms with Crippen LogP contribution in [0.1, 0.15) is 39.3 Å². The number of hydrogen-bond acceptors (Lipinski definition) is 5. The highest BCUT2D eigenvalue weighted by Gasteiger charge is 2.26. The molecule has 158 valence electrons. The molecule has 0 aromatic heterocycles. The van der Waals surface area contributed by atoms with Crippen molar-refractivity contribution >= 4 is 17.7 Å². The first kappa shape index (κ1) is 21.8. The van der Waals surface area contributed by atoms with Gasteiger partial charge >= 0.3 is 5.97 Å². The normalized spacial score (nSPS) is 11.3. The highest BCUT2D eigenvalue weighted by Crippen LogP contribution is 2.22. The van der Waals surface area contributed by atoms with Gasteiger partial charge in [-0.05, 0) is 31.2 Å². The van der Waals surface area contributed by atoms with Gasteiger partial charge in [0.2, 0.25) is 5.78 Å². The van der Waals surface area contributed by atoms with Crippen molar-refractivity contribution in [2.24, 2.45) is 0 Å². The van der Waals surface area contributed by atoms with E-state index in [9.17, 15) is 14.4 Å². The summed E-state index contributed by atoms with van der Waals surface area (Å²) in [5.41, 5.74) is 1.38. The monoisotopic (exact) mass is 417 g/mol. The van der Waals surface area contributed by atoms with Crippen LogP contribution in [-0.2, 0) is 9.53 Å². The van der Waals surface area contributed by atoms with E-state index in [2.05, 4.69) is 5.32 Å². The molecule has 0 aliphatic heterocycles. The molecule has 3 rings (SSSR count). The first-order valence-corrected chi connectivity index (χ1v) is 9.93. The molecule has 0 saturated carbocycles. The van der Waals surface area contributed by atoms with Gasteiger partial charge in [-0.25, -0.2) is 0 Å². The highest BCUT2D eigenvalue weighted by molar-refractivity contribution is 6.01. The standard InChI is InChI=1S/C25H23NO5/c1-2-30-21-15-13-20(14-16-21)25(29)26-17-22(27)31-24(19-11-7-4-8-12-19)23(28)18-9-5-3-6-10-18/h3-16,24H,2,17H2,1H3,(H,26,29)/t24-/m1/s1. The fraction of sp³-hybridized carbons (Fsp3) is 0.160. The predicted octanol–water partition coefficient (Wildman–Crippen LogP) is 3.98. The Morgan fingerprint density at radius 2 is 1.42 bits per heavy atom. The Labute approximate surface area is 180 Å². The van der Waals surface area contributed by atoms with E-state index in [0.717, 1.165) is 0 Å². The number of nitrogens with one attached hydrogen (secondary N) is 1. The number of hydrogen-bond donors (Lipinski definition) is 1. The molecule has 3 aromatic carbocycles. The lowest BCUT2D eigenvalue weighted by molar-refractivity contribution is -0.146. The van der Waals surface area contributed by atoms with Crippen molar-refractivity contribution in [3.63, 3.8) is 0 Å². The van der Waals surface area contributed by atoms with Gasteiger partial charge in [0.25, 0.3) is 5.91 Å². The predicted molar refractivity (Wildman–Crippen MR) is 116 cm³/mol. The molecule has 3 aromatic rings. The van der Waals surface area contributed by atoms with E-state index in [1.165, 1.54) is 0 Å². The van der Waals surface area contributed by atoms with Crippen LogP contribution in [0.25, 0.3) is 0 Å². The van der Waals surface area contributed by atoms with Crippen molar-refractivity contribution in [2.75, 3.05) is 13.2 Å². The van der Waals surface area contributed by atoms with Gasteiger partial charge in [-0.2, -0.15) is 0 Å². The molecule has 0 aliphatic carbocycles. The number of rotatable bonds is 9. The summed E-state index contributed by atoms with van der Waals surface area (Å²) in [6.07, 6.45) is -1.10. The van der Waals surface area contributed by atoms with Crippen molar-refractivity contribution in [3.05, 3.63) is 102 Å². The fourth-order valence-electron chi connectivity index (χ4n) is 2.95. The Kier molecular flexibility index (Phi) is 7.54. The SMILES string of the molecule is CCOc1ccc(C(=O)NCC(=O)O[C@@H](C(=O)c2ccccc2)c2ccccc2)cc1. The zero-order chi connectivity index (χ0) is 22.1. The summed E-state index contributed by atoms with van der Waals surface area (Å²) in [5.74, 6) is -0.815. The topological polar surface area (TPSA) is 81.7 Å². The van der Waals surface area contributed by atoms with Crippen LogP contribution in [0.2, 0.25) is 0 Å². The van der Waals surface area contributed by atoms with Crippen molar-refractivity contribution in [1.29, 1.82) is 0 Å². The van der Waals surface area contributed by atoms with Crippen LogP contribution in [0.4, 0.5) is 0 Å². The Morgan fingerprint density at radius 1 is 0.806 bits per heavy atom. The number of carbonyl (C=O) groups is 3. The molecule has 0 spiro atoms. The molecular weight excluding hydrogens is 394 g/mol. The summed E-state index contributed by atoms with van der Waals surface area (Å²) in [5, 5.41) is 2.52. The molecule has 0 unspecified atom stereocenters. The molecule has 1 atom stereocenters. The van der Waals surface area contributed by atoms with E-state index in [4.69, 9.17) is 9.47 Å². The van der Waals surface area contributed by atoms with Crippen LogP contribution in [-0.4, -0.2) is 30.8 Å². The van der Waals surface area contributed by atoms with Gasteiger partial charge in [-0.3, -0.25) is 14.4 Å². The smallest absolute Gasteiger partial charge is 0.326 e. The third-order valence-electron chi connectivity index (χ3n) is 4.47. The molecule has 1 N–H and O–H groups in total. The first-order chi connectivity index (χ1) is 15.1. The zero-order valence-corrected chi connectivity index (χ0v) is 17.1. The molecule has 0 saturated heterocycles. The second-order valence-corrected chi connectivity index (χ2v) is 6.65. The minimum atomic E-state index is -1.10. The van der Waals surface area contributed by atoms with Crippen LogP contribution in [0.3, 0.4) is 0 Å². The maximum Gasteiger partial charge on any atom is 0.326 e. The van der Waals surface area contributed by atoms with Crippen LogP contribution >= 0.6 is 0 Å². The number of benzene rings is 3. The van der Waals surface area contributed by atoms with Crippen LogP contribution in [0.15, 0.2) is 84.9 Å². The maximum atomic E-state index is 12.9. The molecule has 1 amide bonds. The molecule has 0 heterocycles. The quantitative estimate of drug-likeness (QED) is 0.421. The Balaban J connectivity index is 1.65. The van der Waals surface area contributed by atoms with Crippen LogP contribution < -0.4 is 10.1 Å². The van der Waals surface area contributed by atoms with Crippen LogP contribution in [0.5, 0.6) is 5.75 Å². The van der Waals surface area contributed by atoms with Gasteiger partial charge in [0.15, 0.2) is 6.10 Å². The number of amides is 1. The summed E-state index contributed by atoms with van der Waals surface area (Å²) < 4.78 is 10.8. The zero-order valence-electron chi connectivity index (χ0n) is 17.1. The van der Waals surface area contributed by atoms with Gasteiger partial charge < -0.3 is 14.8 Å². The first-order valence-electron chi connectivity index (χ1n) is 9.93. The third kappa shape index (κ3) is 6.02. The summed E-state index contributed by atoms with van der Waals surface area (Å²) in [7, 11) is 0. The molecule has 0 bridgehead atoms. The molecule has 31 heavy (non-hydrogen) atoms. The minimum Gasteiger partial charge on any atom is -0.494 e. The van der Waals surface area contributed by atoms with Crippen molar-refractivity contribution < 1.29 is 23.9 Å². The van der Waals surface area contributed by atoms with Crippen molar-refractivity contribution in [2.45, 2.75) is 13.0 Å². The number of ketones is 1. The van der Waals surface area contributed by atoms with E-state index < -0.39 is 18.0 Å². The van der Waals surface area contributed by atoms with Crippen molar-refractivity contribution in [1.82, 2.24) is 5.32 Å². The average molecular weight is 417 g/mol. The number of esters is 1.